The van der Waals surface area contributed by atoms with Gasteiger partial charge in [-0.2, -0.15) is 0 Å². The summed E-state index contributed by atoms with van der Waals surface area (Å²) in [5.41, 5.74) is 1.46. The highest BCUT2D eigenvalue weighted by Crippen LogP contribution is 2.35. The van der Waals surface area contributed by atoms with Crippen LogP contribution in [0.2, 0.25) is 5.02 Å². The van der Waals surface area contributed by atoms with Crippen LogP contribution in [0.4, 0.5) is 5.69 Å². The van der Waals surface area contributed by atoms with E-state index in [0.717, 1.165) is 17.0 Å². The van der Waals surface area contributed by atoms with Crippen LogP contribution in [0, 0.1) is 12.8 Å². The highest BCUT2D eigenvalue weighted by molar-refractivity contribution is 7.10. The van der Waals surface area contributed by atoms with Gasteiger partial charge in [0.2, 0.25) is 5.91 Å². The number of nitrogens with one attached hydrogen (secondary N) is 1. The van der Waals surface area contributed by atoms with Crippen molar-refractivity contribution in [3.8, 4) is 0 Å². The van der Waals surface area contributed by atoms with E-state index in [1.807, 2.05) is 29.3 Å². The first kappa shape index (κ1) is 23.1. The lowest BCUT2D eigenvalue weighted by Gasteiger charge is -2.40. The Morgan fingerprint density at radius 3 is 2.70 bits per heavy atom. The molecular formula is C22H27Cl2N3O2S. The predicted molar refractivity (Wildman–Crippen MR) is 125 cm³/mol. The summed E-state index contributed by atoms with van der Waals surface area (Å²) in [5.74, 6) is -0.213. The fourth-order valence-corrected chi connectivity index (χ4v) is 4.94. The van der Waals surface area contributed by atoms with Crippen molar-refractivity contribution in [2.45, 2.75) is 32.9 Å². The van der Waals surface area contributed by atoms with Gasteiger partial charge in [0.05, 0.1) is 0 Å². The van der Waals surface area contributed by atoms with E-state index in [-0.39, 0.29) is 23.7 Å². The molecule has 8 heteroatoms. The van der Waals surface area contributed by atoms with Crippen LogP contribution in [-0.4, -0.2) is 48.3 Å². The molecule has 0 unspecified atom stereocenters. The number of amides is 2. The van der Waals surface area contributed by atoms with Gasteiger partial charge in [0.1, 0.15) is 11.9 Å². The predicted octanol–water partition coefficient (Wildman–Crippen LogP) is 4.48. The van der Waals surface area contributed by atoms with E-state index in [2.05, 4.69) is 19.2 Å². The summed E-state index contributed by atoms with van der Waals surface area (Å²) < 4.78 is 0. The molecule has 0 radical (unpaired) electrons. The molecule has 2 heterocycles. The van der Waals surface area contributed by atoms with E-state index in [9.17, 15) is 9.59 Å². The number of hydrogen-bond acceptors (Lipinski definition) is 4. The van der Waals surface area contributed by atoms with Gasteiger partial charge in [-0.1, -0.05) is 31.5 Å². The Hall–Kier alpha value is -1.60. The van der Waals surface area contributed by atoms with Crippen molar-refractivity contribution in [1.82, 2.24) is 10.2 Å². The Labute approximate surface area is 192 Å². The second-order valence-electron chi connectivity index (χ2n) is 7.84. The molecule has 1 fully saturated rings. The summed E-state index contributed by atoms with van der Waals surface area (Å²) in [4.78, 5) is 31.1. The van der Waals surface area contributed by atoms with Crippen LogP contribution in [0.1, 0.15) is 30.3 Å². The summed E-state index contributed by atoms with van der Waals surface area (Å²) in [6, 6.07) is 8.56. The number of hydrogen-bond donors (Lipinski definition) is 1. The largest absolute Gasteiger partial charge is 0.338 e. The zero-order valence-corrected chi connectivity index (χ0v) is 19.7. The van der Waals surface area contributed by atoms with Crippen molar-refractivity contribution in [1.29, 1.82) is 0 Å². The number of halogens is 2. The molecule has 2 atom stereocenters. The van der Waals surface area contributed by atoms with Crippen molar-refractivity contribution >= 4 is 52.0 Å². The van der Waals surface area contributed by atoms with Crippen molar-refractivity contribution in [3.63, 3.8) is 0 Å². The zero-order valence-electron chi connectivity index (χ0n) is 17.4. The maximum absolute atomic E-state index is 13.8. The second kappa shape index (κ2) is 10.1. The Morgan fingerprint density at radius 1 is 1.33 bits per heavy atom. The number of alkyl halides is 1. The normalized spacial score (nSPS) is 17.8. The maximum atomic E-state index is 13.8. The average Bonchev–Trinajstić information content (AvgIpc) is 3.26. The highest BCUT2D eigenvalue weighted by Gasteiger charge is 2.38. The van der Waals surface area contributed by atoms with Crippen LogP contribution >= 0.6 is 34.5 Å². The van der Waals surface area contributed by atoms with Gasteiger partial charge in [-0.15, -0.1) is 22.9 Å². The fourth-order valence-electron chi connectivity index (χ4n) is 3.78. The SMILES string of the molecule is Cc1cc(Cl)ccc1N(C(=O)CCl)[C@H](C(=O)N1CCN[C@@H](C(C)C)C1)c1cccs1. The molecule has 2 aromatic rings. The molecule has 0 bridgehead atoms. The van der Waals surface area contributed by atoms with Crippen LogP contribution in [0.25, 0.3) is 0 Å². The molecule has 0 spiro atoms. The third kappa shape index (κ3) is 4.99. The molecule has 1 aliphatic heterocycles. The first-order chi connectivity index (χ1) is 14.3. The van der Waals surface area contributed by atoms with E-state index in [1.165, 1.54) is 11.3 Å². The number of aryl methyl sites for hydroxylation is 1. The van der Waals surface area contributed by atoms with Gasteiger partial charge in [-0.05, 0) is 48.1 Å². The molecule has 2 amide bonds. The van der Waals surface area contributed by atoms with Gasteiger partial charge in [0.15, 0.2) is 0 Å². The lowest BCUT2D eigenvalue weighted by atomic mass is 10.0. The smallest absolute Gasteiger partial charge is 0.251 e. The van der Waals surface area contributed by atoms with Gasteiger partial charge in [-0.3, -0.25) is 14.5 Å². The summed E-state index contributed by atoms with van der Waals surface area (Å²) in [6.45, 7) is 8.11. The molecule has 3 rings (SSSR count). The van der Waals surface area contributed by atoms with Crippen LogP contribution in [0.15, 0.2) is 35.7 Å². The molecule has 5 nitrogen and oxygen atoms in total. The van der Waals surface area contributed by atoms with Crippen LogP contribution in [0.3, 0.4) is 0 Å². The molecule has 0 saturated carbocycles. The van der Waals surface area contributed by atoms with Crippen LogP contribution in [-0.2, 0) is 9.59 Å². The van der Waals surface area contributed by atoms with Crippen LogP contribution < -0.4 is 10.2 Å². The van der Waals surface area contributed by atoms with Gasteiger partial charge in [0.25, 0.3) is 5.91 Å². The summed E-state index contributed by atoms with van der Waals surface area (Å²) in [5, 5.41) is 5.98. The molecule has 1 aromatic heterocycles. The van der Waals surface area contributed by atoms with Gasteiger partial charge in [-0.25, -0.2) is 0 Å². The van der Waals surface area contributed by atoms with Gasteiger partial charge >= 0.3 is 0 Å². The molecule has 0 aliphatic carbocycles. The number of rotatable bonds is 6. The topological polar surface area (TPSA) is 52.7 Å². The molecule has 30 heavy (non-hydrogen) atoms. The number of thiophene rings is 1. The molecule has 1 aliphatic rings. The first-order valence-electron chi connectivity index (χ1n) is 10.0. The molecular weight excluding hydrogens is 441 g/mol. The zero-order chi connectivity index (χ0) is 21.8. The Bertz CT molecular complexity index is 889. The molecule has 1 aromatic carbocycles. The van der Waals surface area contributed by atoms with Gasteiger partial charge < -0.3 is 10.2 Å². The number of benzene rings is 1. The lowest BCUT2D eigenvalue weighted by Crippen LogP contribution is -2.57. The quantitative estimate of drug-likeness (QED) is 0.637. The number of nitrogens with zero attached hydrogens (tertiary/aromatic N) is 2. The Morgan fingerprint density at radius 2 is 2.10 bits per heavy atom. The van der Waals surface area contributed by atoms with E-state index < -0.39 is 6.04 Å². The van der Waals surface area contributed by atoms with E-state index in [4.69, 9.17) is 23.2 Å². The lowest BCUT2D eigenvalue weighted by molar-refractivity contribution is -0.135. The van der Waals surface area contributed by atoms with Gasteiger partial charge in [0, 0.05) is 41.3 Å². The minimum Gasteiger partial charge on any atom is -0.338 e. The van der Waals surface area contributed by atoms with E-state index in [0.29, 0.717) is 29.7 Å². The summed E-state index contributed by atoms with van der Waals surface area (Å²) in [6.07, 6.45) is 0. The van der Waals surface area contributed by atoms with Crippen molar-refractivity contribution in [2.75, 3.05) is 30.4 Å². The van der Waals surface area contributed by atoms with Crippen molar-refractivity contribution in [2.24, 2.45) is 5.92 Å². The summed E-state index contributed by atoms with van der Waals surface area (Å²) >= 11 is 13.6. The number of piperazine rings is 1. The Balaban J connectivity index is 2.04. The fraction of sp³-hybridized carbons (Fsp3) is 0.455. The van der Waals surface area contributed by atoms with E-state index in [1.54, 1.807) is 23.1 Å². The summed E-state index contributed by atoms with van der Waals surface area (Å²) in [7, 11) is 0. The standard InChI is InChI=1S/C22H27Cl2N3O2S/c1-14(2)17-13-26(9-8-25-17)22(29)21(19-5-4-10-30-19)27(20(28)12-23)18-7-6-16(24)11-15(18)3/h4-7,10-11,14,17,21,25H,8-9,12-13H2,1-3H3/t17-,21+/m1/s1. The Kier molecular flexibility index (Phi) is 7.80. The van der Waals surface area contributed by atoms with Crippen molar-refractivity contribution < 1.29 is 9.59 Å². The third-order valence-corrected chi connectivity index (χ3v) is 6.82. The first-order valence-corrected chi connectivity index (χ1v) is 11.8. The monoisotopic (exact) mass is 467 g/mol. The molecule has 162 valence electrons. The highest BCUT2D eigenvalue weighted by atomic mass is 35.5. The number of anilines is 1. The third-order valence-electron chi connectivity index (χ3n) is 5.43. The number of carbonyl (C=O) groups excluding carboxylic acids is 2. The minimum atomic E-state index is -0.762. The molecule has 1 N–H and O–H groups in total. The second-order valence-corrected chi connectivity index (χ2v) is 9.52. The van der Waals surface area contributed by atoms with Crippen molar-refractivity contribution in [3.05, 3.63) is 51.2 Å². The van der Waals surface area contributed by atoms with Crippen LogP contribution in [0.5, 0.6) is 0 Å². The average molecular weight is 468 g/mol. The molecule has 1 saturated heterocycles. The number of carbonyl (C=O) groups is 2. The maximum Gasteiger partial charge on any atom is 0.251 e. The van der Waals surface area contributed by atoms with E-state index >= 15 is 0 Å². The minimum absolute atomic E-state index is 0.0857.